The number of ether oxygens (including phenoxy) is 3. The van der Waals surface area contributed by atoms with Crippen molar-refractivity contribution in [3.63, 3.8) is 0 Å². The number of hydrogen-bond donors (Lipinski definition) is 1. The van der Waals surface area contributed by atoms with Crippen LogP contribution < -0.4 is 10.1 Å². The van der Waals surface area contributed by atoms with E-state index in [1.165, 1.54) is 0 Å². The number of alkyl carbamates (subject to hydrolysis) is 1. The standard InChI is InChI=1S/C27H33Cl2N3O5/c1-26(2,3)36-24(33)30-23(31-25(34)37-27(4,5)6)32-14-13-19-17(15-32)9-8-12-21(19)35-16-18-10-7-11-20(28)22(18)29/h7-12H,13-16H2,1-6H3,(H,30,31,33,34). The first kappa shape index (κ1) is 28.6. The minimum absolute atomic E-state index is 0.0613. The van der Waals surface area contributed by atoms with E-state index < -0.39 is 23.4 Å². The highest BCUT2D eigenvalue weighted by atomic mass is 35.5. The molecular formula is C27H33Cl2N3O5. The van der Waals surface area contributed by atoms with Gasteiger partial charge in [-0.1, -0.05) is 47.5 Å². The summed E-state index contributed by atoms with van der Waals surface area (Å²) in [4.78, 5) is 30.9. The van der Waals surface area contributed by atoms with E-state index in [0.29, 0.717) is 29.6 Å². The van der Waals surface area contributed by atoms with Gasteiger partial charge in [0.15, 0.2) is 0 Å². The minimum atomic E-state index is -0.806. The molecule has 0 saturated heterocycles. The van der Waals surface area contributed by atoms with Crippen molar-refractivity contribution in [2.45, 2.75) is 72.3 Å². The van der Waals surface area contributed by atoms with Gasteiger partial charge in [0.05, 0.1) is 10.0 Å². The highest BCUT2D eigenvalue weighted by molar-refractivity contribution is 6.42. The molecule has 1 aliphatic heterocycles. The Morgan fingerprint density at radius 3 is 2.35 bits per heavy atom. The average molecular weight is 550 g/mol. The molecule has 0 atom stereocenters. The van der Waals surface area contributed by atoms with Crippen LogP contribution in [0.1, 0.15) is 58.2 Å². The van der Waals surface area contributed by atoms with Gasteiger partial charge < -0.3 is 19.1 Å². The maximum absolute atomic E-state index is 12.5. The second kappa shape index (κ2) is 11.6. The molecule has 0 fully saturated rings. The van der Waals surface area contributed by atoms with Crippen LogP contribution in [0.4, 0.5) is 9.59 Å². The molecule has 0 saturated carbocycles. The van der Waals surface area contributed by atoms with Crippen molar-refractivity contribution in [1.29, 1.82) is 0 Å². The molecule has 0 bridgehead atoms. The Hall–Kier alpha value is -2.97. The number of fused-ring (bicyclic) bond motifs is 1. The number of hydrogen-bond acceptors (Lipinski definition) is 5. The Bertz CT molecular complexity index is 1190. The van der Waals surface area contributed by atoms with Gasteiger partial charge in [-0.15, -0.1) is 4.99 Å². The Balaban J connectivity index is 1.80. The molecule has 200 valence electrons. The molecule has 2 aromatic rings. The van der Waals surface area contributed by atoms with Crippen molar-refractivity contribution >= 4 is 41.3 Å². The molecule has 3 rings (SSSR count). The van der Waals surface area contributed by atoms with E-state index in [2.05, 4.69) is 10.3 Å². The Morgan fingerprint density at radius 1 is 1.00 bits per heavy atom. The summed E-state index contributed by atoms with van der Waals surface area (Å²) in [5, 5.41) is 3.56. The number of aliphatic imine (C=N–C) groups is 1. The predicted molar refractivity (Wildman–Crippen MR) is 144 cm³/mol. The number of carbonyl (C=O) groups is 2. The number of nitrogens with one attached hydrogen (secondary N) is 1. The lowest BCUT2D eigenvalue weighted by molar-refractivity contribution is 0.0553. The smallest absolute Gasteiger partial charge is 0.437 e. The van der Waals surface area contributed by atoms with Crippen molar-refractivity contribution in [3.8, 4) is 5.75 Å². The van der Waals surface area contributed by atoms with E-state index >= 15 is 0 Å². The van der Waals surface area contributed by atoms with Crippen LogP contribution in [-0.2, 0) is 29.0 Å². The van der Waals surface area contributed by atoms with Gasteiger partial charge in [0.25, 0.3) is 0 Å². The molecule has 0 unspecified atom stereocenters. The molecule has 37 heavy (non-hydrogen) atoms. The van der Waals surface area contributed by atoms with Gasteiger partial charge in [-0.05, 0) is 65.7 Å². The molecule has 1 N–H and O–H groups in total. The summed E-state index contributed by atoms with van der Waals surface area (Å²) in [6.45, 7) is 11.6. The molecule has 1 heterocycles. The highest BCUT2D eigenvalue weighted by Crippen LogP contribution is 2.31. The molecule has 8 nitrogen and oxygen atoms in total. The zero-order valence-corrected chi connectivity index (χ0v) is 23.5. The lowest BCUT2D eigenvalue weighted by Gasteiger charge is -2.32. The van der Waals surface area contributed by atoms with Crippen LogP contribution in [0.3, 0.4) is 0 Å². The van der Waals surface area contributed by atoms with Crippen LogP contribution in [0.25, 0.3) is 0 Å². The zero-order chi connectivity index (χ0) is 27.4. The predicted octanol–water partition coefficient (Wildman–Crippen LogP) is 6.75. The third-order valence-electron chi connectivity index (χ3n) is 5.14. The monoisotopic (exact) mass is 549 g/mol. The quantitative estimate of drug-likeness (QED) is 0.336. The highest BCUT2D eigenvalue weighted by Gasteiger charge is 2.27. The number of amides is 2. The molecule has 0 aliphatic carbocycles. The van der Waals surface area contributed by atoms with Crippen LogP contribution in [0.2, 0.25) is 10.0 Å². The van der Waals surface area contributed by atoms with E-state index in [9.17, 15) is 9.59 Å². The van der Waals surface area contributed by atoms with Crippen LogP contribution >= 0.6 is 23.2 Å². The SMILES string of the molecule is CC(C)(C)OC(=O)N=C(NC(=O)OC(C)(C)C)N1CCc2c(cccc2OCc2cccc(Cl)c2Cl)C1. The third kappa shape index (κ3) is 8.54. The first-order chi connectivity index (χ1) is 17.2. The minimum Gasteiger partial charge on any atom is -0.489 e. The molecule has 1 aliphatic rings. The van der Waals surface area contributed by atoms with E-state index in [1.807, 2.05) is 30.3 Å². The summed E-state index contributed by atoms with van der Waals surface area (Å²) in [6, 6.07) is 11.2. The second-order valence-corrected chi connectivity index (χ2v) is 11.4. The second-order valence-electron chi connectivity index (χ2n) is 10.6. The van der Waals surface area contributed by atoms with Gasteiger partial charge in [-0.2, -0.15) is 0 Å². The number of rotatable bonds is 3. The Morgan fingerprint density at radius 2 is 1.68 bits per heavy atom. The van der Waals surface area contributed by atoms with Gasteiger partial charge in [0.2, 0.25) is 5.96 Å². The normalized spacial score (nSPS) is 14.1. The largest absolute Gasteiger partial charge is 0.489 e. The summed E-state index contributed by atoms with van der Waals surface area (Å²) in [6.07, 6.45) is -0.922. The fourth-order valence-electron chi connectivity index (χ4n) is 3.65. The summed E-state index contributed by atoms with van der Waals surface area (Å²) in [7, 11) is 0. The van der Waals surface area contributed by atoms with E-state index in [4.69, 9.17) is 37.4 Å². The number of halogens is 2. The van der Waals surface area contributed by atoms with Crippen molar-refractivity contribution in [1.82, 2.24) is 10.2 Å². The van der Waals surface area contributed by atoms with Crippen molar-refractivity contribution in [3.05, 3.63) is 63.1 Å². The molecule has 0 radical (unpaired) electrons. The molecule has 0 aromatic heterocycles. The number of guanidine groups is 1. The number of nitrogens with zero attached hydrogens (tertiary/aromatic N) is 2. The Labute approximate surface area is 227 Å². The van der Waals surface area contributed by atoms with Crippen LogP contribution in [0, 0.1) is 0 Å². The van der Waals surface area contributed by atoms with Gasteiger partial charge in [0, 0.05) is 24.2 Å². The fourth-order valence-corrected chi connectivity index (χ4v) is 4.02. The topological polar surface area (TPSA) is 89.5 Å². The lowest BCUT2D eigenvalue weighted by Crippen LogP contribution is -2.48. The summed E-state index contributed by atoms with van der Waals surface area (Å²) < 4.78 is 16.8. The molecular weight excluding hydrogens is 517 g/mol. The van der Waals surface area contributed by atoms with Crippen LogP contribution in [0.15, 0.2) is 41.4 Å². The van der Waals surface area contributed by atoms with Crippen LogP contribution in [-0.4, -0.2) is 40.8 Å². The average Bonchev–Trinajstić information content (AvgIpc) is 2.76. The Kier molecular flexibility index (Phi) is 8.97. The molecule has 10 heteroatoms. The number of benzene rings is 2. The molecule has 0 spiro atoms. The van der Waals surface area contributed by atoms with E-state index in [0.717, 1.165) is 22.4 Å². The van der Waals surface area contributed by atoms with Crippen LogP contribution in [0.5, 0.6) is 5.75 Å². The molecule has 2 aromatic carbocycles. The molecule has 2 amide bonds. The first-order valence-corrected chi connectivity index (χ1v) is 12.7. The van der Waals surface area contributed by atoms with Gasteiger partial charge in [-0.25, -0.2) is 9.59 Å². The van der Waals surface area contributed by atoms with Gasteiger partial charge >= 0.3 is 12.2 Å². The fraction of sp³-hybridized carbons (Fsp3) is 0.444. The zero-order valence-electron chi connectivity index (χ0n) is 22.0. The van der Waals surface area contributed by atoms with Crippen molar-refractivity contribution in [2.75, 3.05) is 6.54 Å². The van der Waals surface area contributed by atoms with Crippen molar-refractivity contribution < 1.29 is 23.8 Å². The van der Waals surface area contributed by atoms with Gasteiger partial charge in [-0.3, -0.25) is 5.32 Å². The lowest BCUT2D eigenvalue weighted by atomic mass is 9.99. The maximum atomic E-state index is 12.5. The summed E-state index contributed by atoms with van der Waals surface area (Å²) >= 11 is 12.4. The third-order valence-corrected chi connectivity index (χ3v) is 6.00. The van der Waals surface area contributed by atoms with E-state index in [1.54, 1.807) is 52.5 Å². The summed E-state index contributed by atoms with van der Waals surface area (Å²) in [5.41, 5.74) is 1.35. The maximum Gasteiger partial charge on any atom is 0.437 e. The van der Waals surface area contributed by atoms with Gasteiger partial charge in [0.1, 0.15) is 23.6 Å². The first-order valence-electron chi connectivity index (χ1n) is 11.9. The van der Waals surface area contributed by atoms with E-state index in [-0.39, 0.29) is 12.6 Å². The number of carbonyl (C=O) groups excluding carboxylic acids is 2. The summed E-state index contributed by atoms with van der Waals surface area (Å²) in [5.74, 6) is 0.796. The van der Waals surface area contributed by atoms with Crippen molar-refractivity contribution in [2.24, 2.45) is 4.99 Å².